The number of hydrogen-bond donors (Lipinski definition) is 1. The third-order valence-corrected chi connectivity index (χ3v) is 6.03. The molecule has 0 aliphatic carbocycles. The summed E-state index contributed by atoms with van der Waals surface area (Å²) < 4.78 is 12.6. The number of thioether (sulfide) groups is 1. The van der Waals surface area contributed by atoms with Gasteiger partial charge in [-0.2, -0.15) is 0 Å². The highest BCUT2D eigenvalue weighted by molar-refractivity contribution is 7.99. The van der Waals surface area contributed by atoms with E-state index in [1.54, 1.807) is 26.6 Å². The fourth-order valence-electron chi connectivity index (χ4n) is 3.42. The molecule has 0 radical (unpaired) electrons. The topological polar surface area (TPSA) is 91.2 Å². The maximum atomic E-state index is 12.5. The van der Waals surface area contributed by atoms with Gasteiger partial charge in [-0.25, -0.2) is 0 Å². The Morgan fingerprint density at radius 3 is 2.47 bits per heavy atom. The number of carbonyl (C=O) groups excluding carboxylic acids is 1. The van der Waals surface area contributed by atoms with Gasteiger partial charge >= 0.3 is 0 Å². The van der Waals surface area contributed by atoms with Crippen LogP contribution in [0.3, 0.4) is 0 Å². The Morgan fingerprint density at radius 1 is 0.971 bits per heavy atom. The van der Waals surface area contributed by atoms with E-state index in [1.807, 2.05) is 65.2 Å². The SMILES string of the molecule is COc1ccc(CCNC(=O)CSc2nnc(-c3ccncc3)n2-c2ccccc2)cc1OC. The maximum absolute atomic E-state index is 12.5. The summed E-state index contributed by atoms with van der Waals surface area (Å²) in [7, 11) is 3.21. The van der Waals surface area contributed by atoms with E-state index in [0.29, 0.717) is 35.4 Å². The smallest absolute Gasteiger partial charge is 0.230 e. The minimum Gasteiger partial charge on any atom is -0.493 e. The molecule has 8 nitrogen and oxygen atoms in total. The first-order valence-electron chi connectivity index (χ1n) is 10.7. The molecule has 0 atom stereocenters. The second kappa shape index (κ2) is 11.3. The van der Waals surface area contributed by atoms with Crippen LogP contribution in [0.1, 0.15) is 5.56 Å². The number of ether oxygens (including phenoxy) is 2. The molecule has 2 heterocycles. The van der Waals surface area contributed by atoms with Crippen molar-refractivity contribution in [2.45, 2.75) is 11.6 Å². The number of pyridine rings is 1. The van der Waals surface area contributed by atoms with Crippen LogP contribution in [-0.4, -0.2) is 52.2 Å². The minimum atomic E-state index is -0.0708. The van der Waals surface area contributed by atoms with Crippen molar-refractivity contribution in [3.05, 3.63) is 78.6 Å². The maximum Gasteiger partial charge on any atom is 0.230 e. The average Bonchev–Trinajstić information content (AvgIpc) is 3.32. The van der Waals surface area contributed by atoms with Crippen molar-refractivity contribution in [1.82, 2.24) is 25.1 Å². The lowest BCUT2D eigenvalue weighted by atomic mass is 10.1. The molecule has 9 heteroatoms. The Kier molecular flexibility index (Phi) is 7.77. The Balaban J connectivity index is 1.40. The van der Waals surface area contributed by atoms with Gasteiger partial charge in [0.05, 0.1) is 20.0 Å². The van der Waals surface area contributed by atoms with Crippen LogP contribution in [0.2, 0.25) is 0 Å². The van der Waals surface area contributed by atoms with Crippen LogP contribution in [0.4, 0.5) is 0 Å². The molecule has 0 aliphatic heterocycles. The first kappa shape index (κ1) is 23.3. The summed E-state index contributed by atoms with van der Waals surface area (Å²) in [5.74, 6) is 2.21. The molecule has 2 aromatic heterocycles. The first-order chi connectivity index (χ1) is 16.7. The number of rotatable bonds is 10. The summed E-state index contributed by atoms with van der Waals surface area (Å²) >= 11 is 1.35. The predicted octanol–water partition coefficient (Wildman–Crippen LogP) is 3.80. The van der Waals surface area contributed by atoms with Crippen molar-refractivity contribution in [1.29, 1.82) is 0 Å². The van der Waals surface area contributed by atoms with Crippen LogP contribution >= 0.6 is 11.8 Å². The molecule has 2 aromatic carbocycles. The van der Waals surface area contributed by atoms with E-state index in [9.17, 15) is 4.79 Å². The molecule has 1 N–H and O–H groups in total. The number of amides is 1. The van der Waals surface area contributed by atoms with Gasteiger partial charge in [0.1, 0.15) is 0 Å². The summed E-state index contributed by atoms with van der Waals surface area (Å²) in [6.45, 7) is 0.516. The molecule has 0 saturated heterocycles. The Hall–Kier alpha value is -3.85. The van der Waals surface area contributed by atoms with Gasteiger partial charge in [-0.3, -0.25) is 14.3 Å². The second-order valence-electron chi connectivity index (χ2n) is 7.29. The molecule has 0 fully saturated rings. The monoisotopic (exact) mass is 475 g/mol. The molecule has 174 valence electrons. The predicted molar refractivity (Wildman–Crippen MR) is 132 cm³/mol. The molecule has 0 bridgehead atoms. The zero-order chi connectivity index (χ0) is 23.8. The number of nitrogens with zero attached hydrogens (tertiary/aromatic N) is 4. The Morgan fingerprint density at radius 2 is 1.74 bits per heavy atom. The van der Waals surface area contributed by atoms with Gasteiger partial charge in [0.2, 0.25) is 5.91 Å². The van der Waals surface area contributed by atoms with Crippen LogP contribution in [0.25, 0.3) is 17.1 Å². The van der Waals surface area contributed by atoms with Crippen LogP contribution in [-0.2, 0) is 11.2 Å². The van der Waals surface area contributed by atoms with Gasteiger partial charge < -0.3 is 14.8 Å². The minimum absolute atomic E-state index is 0.0708. The molecule has 0 aliphatic rings. The van der Waals surface area contributed by atoms with E-state index < -0.39 is 0 Å². The molecule has 4 rings (SSSR count). The summed E-state index contributed by atoms with van der Waals surface area (Å²) in [4.78, 5) is 16.6. The highest BCUT2D eigenvalue weighted by atomic mass is 32.2. The fourth-order valence-corrected chi connectivity index (χ4v) is 4.21. The number of hydrogen-bond acceptors (Lipinski definition) is 7. The highest BCUT2D eigenvalue weighted by Gasteiger charge is 2.17. The summed E-state index contributed by atoms with van der Waals surface area (Å²) in [6.07, 6.45) is 4.12. The van der Waals surface area contributed by atoms with Gasteiger partial charge in [-0.1, -0.05) is 36.0 Å². The summed E-state index contributed by atoms with van der Waals surface area (Å²) in [5, 5.41) is 12.4. The van der Waals surface area contributed by atoms with Gasteiger partial charge in [0, 0.05) is 30.2 Å². The van der Waals surface area contributed by atoms with Crippen molar-refractivity contribution in [2.75, 3.05) is 26.5 Å². The van der Waals surface area contributed by atoms with E-state index in [1.165, 1.54) is 11.8 Å². The Bertz CT molecular complexity index is 1230. The molecule has 0 unspecified atom stereocenters. The van der Waals surface area contributed by atoms with Gasteiger partial charge in [-0.05, 0) is 48.4 Å². The van der Waals surface area contributed by atoms with Crippen molar-refractivity contribution in [3.63, 3.8) is 0 Å². The molecular weight excluding hydrogens is 450 g/mol. The zero-order valence-electron chi connectivity index (χ0n) is 19.0. The number of nitrogens with one attached hydrogen (secondary N) is 1. The van der Waals surface area contributed by atoms with Crippen molar-refractivity contribution in [3.8, 4) is 28.6 Å². The van der Waals surface area contributed by atoms with E-state index in [0.717, 1.165) is 16.8 Å². The molecular formula is C25H25N5O3S. The molecule has 34 heavy (non-hydrogen) atoms. The summed E-state index contributed by atoms with van der Waals surface area (Å²) in [6, 6.07) is 19.4. The first-order valence-corrected chi connectivity index (χ1v) is 11.7. The molecule has 4 aromatic rings. The number of methoxy groups -OCH3 is 2. The fraction of sp³-hybridized carbons (Fsp3) is 0.200. The zero-order valence-corrected chi connectivity index (χ0v) is 19.8. The van der Waals surface area contributed by atoms with Crippen LogP contribution in [0.15, 0.2) is 78.2 Å². The van der Waals surface area contributed by atoms with E-state index in [4.69, 9.17) is 9.47 Å². The van der Waals surface area contributed by atoms with Gasteiger partial charge in [-0.15, -0.1) is 10.2 Å². The quantitative estimate of drug-likeness (QED) is 0.349. The highest BCUT2D eigenvalue weighted by Crippen LogP contribution is 2.28. The largest absolute Gasteiger partial charge is 0.493 e. The average molecular weight is 476 g/mol. The normalized spacial score (nSPS) is 10.6. The third kappa shape index (κ3) is 5.55. The van der Waals surface area contributed by atoms with Crippen molar-refractivity contribution >= 4 is 17.7 Å². The number of para-hydroxylation sites is 1. The number of carbonyl (C=O) groups is 1. The van der Waals surface area contributed by atoms with Crippen LogP contribution in [0.5, 0.6) is 11.5 Å². The lowest BCUT2D eigenvalue weighted by Crippen LogP contribution is -2.27. The molecule has 0 spiro atoms. The molecule has 0 saturated carbocycles. The van der Waals surface area contributed by atoms with Crippen molar-refractivity contribution < 1.29 is 14.3 Å². The van der Waals surface area contributed by atoms with Crippen molar-refractivity contribution in [2.24, 2.45) is 0 Å². The van der Waals surface area contributed by atoms with Gasteiger partial charge in [0.15, 0.2) is 22.5 Å². The van der Waals surface area contributed by atoms with E-state index in [-0.39, 0.29) is 11.7 Å². The lowest BCUT2D eigenvalue weighted by Gasteiger charge is -2.11. The number of aromatic nitrogens is 4. The second-order valence-corrected chi connectivity index (χ2v) is 8.23. The van der Waals surface area contributed by atoms with Crippen LogP contribution in [0, 0.1) is 0 Å². The third-order valence-electron chi connectivity index (χ3n) is 5.10. The summed E-state index contributed by atoms with van der Waals surface area (Å²) in [5.41, 5.74) is 2.88. The number of benzene rings is 2. The standard InChI is InChI=1S/C25H25N5O3S/c1-32-21-9-8-18(16-22(21)33-2)10-15-27-23(31)17-34-25-29-28-24(19-11-13-26-14-12-19)30(25)20-6-4-3-5-7-20/h3-9,11-14,16H,10,15,17H2,1-2H3,(H,27,31). The van der Waals surface area contributed by atoms with E-state index >= 15 is 0 Å². The van der Waals surface area contributed by atoms with Gasteiger partial charge in [0.25, 0.3) is 0 Å². The molecule has 1 amide bonds. The lowest BCUT2D eigenvalue weighted by molar-refractivity contribution is -0.118. The Labute approximate surface area is 202 Å². The van der Waals surface area contributed by atoms with Crippen LogP contribution < -0.4 is 14.8 Å². The van der Waals surface area contributed by atoms with E-state index in [2.05, 4.69) is 20.5 Å².